The first kappa shape index (κ1) is 16.2. The molecule has 1 aliphatic heterocycles. The lowest BCUT2D eigenvalue weighted by atomic mass is 10.2. The van der Waals surface area contributed by atoms with Crippen molar-refractivity contribution in [2.75, 3.05) is 30.9 Å². The summed E-state index contributed by atoms with van der Waals surface area (Å²) in [7, 11) is 1.80. The lowest BCUT2D eigenvalue weighted by Crippen LogP contribution is -2.31. The summed E-state index contributed by atoms with van der Waals surface area (Å²) in [5.41, 5.74) is 2.48. The lowest BCUT2D eigenvalue weighted by molar-refractivity contribution is -0.127. The molecule has 0 aliphatic carbocycles. The van der Waals surface area contributed by atoms with Crippen LogP contribution in [0, 0.1) is 0 Å². The Morgan fingerprint density at radius 2 is 1.65 bits per heavy atom. The highest BCUT2D eigenvalue weighted by Crippen LogP contribution is 2.47. The molecule has 1 aliphatic rings. The molecule has 120 valence electrons. The van der Waals surface area contributed by atoms with Crippen LogP contribution in [0.4, 0.5) is 11.4 Å². The standard InChI is InChI=1S/C18H19ClN2OS/c1-20(18(22)13-19)11-6-12-21-14-7-2-4-9-16(14)23-17-10-5-3-8-15(17)21/h2-5,7-10H,6,11-13H2,1H3. The third-order valence-electron chi connectivity index (χ3n) is 3.95. The van der Waals surface area contributed by atoms with E-state index in [0.717, 1.165) is 13.0 Å². The van der Waals surface area contributed by atoms with E-state index >= 15 is 0 Å². The van der Waals surface area contributed by atoms with Gasteiger partial charge in [-0.25, -0.2) is 0 Å². The molecule has 0 radical (unpaired) electrons. The van der Waals surface area contributed by atoms with Crippen LogP contribution < -0.4 is 4.90 Å². The van der Waals surface area contributed by atoms with Gasteiger partial charge in [0.15, 0.2) is 0 Å². The van der Waals surface area contributed by atoms with E-state index < -0.39 is 0 Å². The van der Waals surface area contributed by atoms with E-state index in [1.807, 2.05) is 11.8 Å². The Balaban J connectivity index is 1.77. The number of carbonyl (C=O) groups excluding carboxylic acids is 1. The van der Waals surface area contributed by atoms with E-state index in [2.05, 4.69) is 53.4 Å². The average Bonchev–Trinajstić information content (AvgIpc) is 2.60. The molecule has 3 nitrogen and oxygen atoms in total. The molecule has 3 rings (SSSR count). The summed E-state index contributed by atoms with van der Waals surface area (Å²) < 4.78 is 0. The molecule has 0 spiro atoms. The van der Waals surface area contributed by atoms with Crippen molar-refractivity contribution in [1.29, 1.82) is 0 Å². The van der Waals surface area contributed by atoms with Crippen molar-refractivity contribution < 1.29 is 4.79 Å². The average molecular weight is 347 g/mol. The fraction of sp³-hybridized carbons (Fsp3) is 0.278. The number of hydrogen-bond donors (Lipinski definition) is 0. The molecule has 0 bridgehead atoms. The van der Waals surface area contributed by atoms with Gasteiger partial charge in [-0.15, -0.1) is 11.6 Å². The van der Waals surface area contributed by atoms with Gasteiger partial charge in [-0.2, -0.15) is 0 Å². The number of amides is 1. The van der Waals surface area contributed by atoms with E-state index in [4.69, 9.17) is 11.6 Å². The van der Waals surface area contributed by atoms with Gasteiger partial charge in [0.05, 0.1) is 11.4 Å². The zero-order valence-corrected chi connectivity index (χ0v) is 14.6. The van der Waals surface area contributed by atoms with E-state index in [1.165, 1.54) is 21.2 Å². The number of benzene rings is 2. The summed E-state index contributed by atoms with van der Waals surface area (Å²) in [6.45, 7) is 1.58. The molecular formula is C18H19ClN2OS. The van der Waals surface area contributed by atoms with Crippen molar-refractivity contribution in [3.63, 3.8) is 0 Å². The number of halogens is 1. The summed E-state index contributed by atoms with van der Waals surface area (Å²) in [6, 6.07) is 16.9. The molecule has 1 amide bonds. The molecule has 0 atom stereocenters. The van der Waals surface area contributed by atoms with Gasteiger partial charge in [0.25, 0.3) is 0 Å². The normalized spacial score (nSPS) is 12.5. The van der Waals surface area contributed by atoms with Crippen LogP contribution in [0.25, 0.3) is 0 Å². The van der Waals surface area contributed by atoms with Crippen LogP contribution in [0.3, 0.4) is 0 Å². The molecule has 0 fully saturated rings. The predicted octanol–water partition coefficient (Wildman–Crippen LogP) is 4.38. The molecule has 0 aromatic heterocycles. The van der Waals surface area contributed by atoms with Gasteiger partial charge >= 0.3 is 0 Å². The maximum atomic E-state index is 11.6. The van der Waals surface area contributed by atoms with Crippen LogP contribution in [0.1, 0.15) is 6.42 Å². The Morgan fingerprint density at radius 1 is 1.09 bits per heavy atom. The number of rotatable bonds is 5. The Morgan fingerprint density at radius 3 is 2.22 bits per heavy atom. The third kappa shape index (κ3) is 3.48. The van der Waals surface area contributed by atoms with Gasteiger partial charge in [0.1, 0.15) is 5.88 Å². The number of carbonyl (C=O) groups is 1. The fourth-order valence-corrected chi connectivity index (χ4v) is 4.01. The third-order valence-corrected chi connectivity index (χ3v) is 5.31. The van der Waals surface area contributed by atoms with E-state index in [-0.39, 0.29) is 11.8 Å². The summed E-state index contributed by atoms with van der Waals surface area (Å²) in [5.74, 6) is 0.0179. The second-order valence-corrected chi connectivity index (χ2v) is 6.84. The van der Waals surface area contributed by atoms with Gasteiger partial charge in [-0.3, -0.25) is 4.79 Å². The molecule has 0 saturated heterocycles. The van der Waals surface area contributed by atoms with Crippen LogP contribution in [0.15, 0.2) is 58.3 Å². The molecule has 0 saturated carbocycles. The fourth-order valence-electron chi connectivity index (χ4n) is 2.71. The van der Waals surface area contributed by atoms with Gasteiger partial charge < -0.3 is 9.80 Å². The van der Waals surface area contributed by atoms with Crippen LogP contribution in [0.2, 0.25) is 0 Å². The topological polar surface area (TPSA) is 23.6 Å². The highest BCUT2D eigenvalue weighted by Gasteiger charge is 2.22. The second kappa shape index (κ2) is 7.28. The van der Waals surface area contributed by atoms with Gasteiger partial charge in [0.2, 0.25) is 5.91 Å². The molecule has 2 aromatic carbocycles. The maximum Gasteiger partial charge on any atom is 0.237 e. The molecule has 23 heavy (non-hydrogen) atoms. The molecule has 0 N–H and O–H groups in total. The number of nitrogens with zero attached hydrogens (tertiary/aromatic N) is 2. The number of fused-ring (bicyclic) bond motifs is 2. The first-order valence-corrected chi connectivity index (χ1v) is 8.99. The summed E-state index contributed by atoms with van der Waals surface area (Å²) in [4.78, 5) is 18.2. The SMILES string of the molecule is CN(CCCN1c2ccccc2Sc2ccccc21)C(=O)CCl. The summed E-state index contributed by atoms with van der Waals surface area (Å²) in [5, 5.41) is 0. The molecule has 5 heteroatoms. The molecule has 1 heterocycles. The van der Waals surface area contributed by atoms with Crippen LogP contribution in [-0.4, -0.2) is 36.8 Å². The maximum absolute atomic E-state index is 11.6. The summed E-state index contributed by atoms with van der Waals surface area (Å²) >= 11 is 7.41. The number of alkyl halides is 1. The van der Waals surface area contributed by atoms with Crippen molar-refractivity contribution in [2.24, 2.45) is 0 Å². The Bertz CT molecular complexity index is 661. The lowest BCUT2D eigenvalue weighted by Gasteiger charge is -2.33. The molecule has 2 aromatic rings. The quantitative estimate of drug-likeness (QED) is 0.751. The van der Waals surface area contributed by atoms with Crippen LogP contribution in [0.5, 0.6) is 0 Å². The van der Waals surface area contributed by atoms with E-state index in [9.17, 15) is 4.79 Å². The largest absolute Gasteiger partial charge is 0.345 e. The van der Waals surface area contributed by atoms with Gasteiger partial charge in [-0.05, 0) is 30.7 Å². The minimum atomic E-state index is -0.0262. The van der Waals surface area contributed by atoms with Gasteiger partial charge in [0, 0.05) is 29.9 Å². The zero-order valence-electron chi connectivity index (χ0n) is 13.0. The summed E-state index contributed by atoms with van der Waals surface area (Å²) in [6.07, 6.45) is 0.895. The minimum absolute atomic E-state index is 0.0262. The van der Waals surface area contributed by atoms with Crippen molar-refractivity contribution in [3.05, 3.63) is 48.5 Å². The number of hydrogen-bond acceptors (Lipinski definition) is 3. The zero-order chi connectivity index (χ0) is 16.2. The van der Waals surface area contributed by atoms with Crippen molar-refractivity contribution >= 4 is 40.6 Å². The number of para-hydroxylation sites is 2. The smallest absolute Gasteiger partial charge is 0.237 e. The minimum Gasteiger partial charge on any atom is -0.345 e. The first-order valence-electron chi connectivity index (χ1n) is 7.64. The van der Waals surface area contributed by atoms with E-state index in [1.54, 1.807) is 11.9 Å². The Hall–Kier alpha value is -1.65. The first-order chi connectivity index (χ1) is 11.2. The van der Waals surface area contributed by atoms with Crippen LogP contribution >= 0.6 is 23.4 Å². The highest BCUT2D eigenvalue weighted by molar-refractivity contribution is 7.99. The Labute approximate surface area is 146 Å². The molecular weight excluding hydrogens is 328 g/mol. The molecule has 0 unspecified atom stereocenters. The van der Waals surface area contributed by atoms with Crippen molar-refractivity contribution in [1.82, 2.24) is 4.90 Å². The van der Waals surface area contributed by atoms with Crippen molar-refractivity contribution in [3.8, 4) is 0 Å². The van der Waals surface area contributed by atoms with Gasteiger partial charge in [-0.1, -0.05) is 36.0 Å². The number of anilines is 2. The predicted molar refractivity (Wildman–Crippen MR) is 97.0 cm³/mol. The van der Waals surface area contributed by atoms with Crippen LogP contribution in [-0.2, 0) is 4.79 Å². The van der Waals surface area contributed by atoms with E-state index in [0.29, 0.717) is 6.54 Å². The monoisotopic (exact) mass is 346 g/mol. The Kier molecular flexibility index (Phi) is 5.13. The second-order valence-electron chi connectivity index (χ2n) is 5.49. The highest BCUT2D eigenvalue weighted by atomic mass is 35.5. The van der Waals surface area contributed by atoms with Crippen molar-refractivity contribution in [2.45, 2.75) is 16.2 Å².